The van der Waals surface area contributed by atoms with Crippen LogP contribution in [0.1, 0.15) is 57.1 Å². The first-order valence-electron chi connectivity index (χ1n) is 9.83. The van der Waals surface area contributed by atoms with Crippen LogP contribution in [0.15, 0.2) is 54.6 Å². The Hall–Kier alpha value is -2.27. The lowest BCUT2D eigenvalue weighted by Crippen LogP contribution is -2.50. The molecule has 2 heteroatoms. The Bertz CT molecular complexity index is 818. The van der Waals surface area contributed by atoms with Crippen LogP contribution in [0.4, 0.5) is 5.69 Å². The number of hydrogen-bond donors (Lipinski definition) is 0. The lowest BCUT2D eigenvalue weighted by Gasteiger charge is -2.49. The summed E-state index contributed by atoms with van der Waals surface area (Å²) in [5.74, 6) is 0. The third kappa shape index (κ3) is 2.80. The number of hydrogen-bond acceptors (Lipinski definition) is 2. The summed E-state index contributed by atoms with van der Waals surface area (Å²) < 4.78 is 0. The van der Waals surface area contributed by atoms with Crippen molar-refractivity contribution < 1.29 is 0 Å². The van der Waals surface area contributed by atoms with Crippen LogP contribution in [0.2, 0.25) is 0 Å². The van der Waals surface area contributed by atoms with Gasteiger partial charge in [0.1, 0.15) is 0 Å². The van der Waals surface area contributed by atoms with E-state index in [4.69, 9.17) is 0 Å². The Morgan fingerprint density at radius 3 is 2.58 bits per heavy atom. The summed E-state index contributed by atoms with van der Waals surface area (Å²) in [6.45, 7) is 5.76. The first kappa shape index (κ1) is 17.2. The maximum Gasteiger partial charge on any atom is 0.0622 e. The van der Waals surface area contributed by atoms with E-state index >= 15 is 0 Å². The van der Waals surface area contributed by atoms with Crippen LogP contribution >= 0.6 is 0 Å². The van der Waals surface area contributed by atoms with E-state index in [1.165, 1.54) is 36.1 Å². The van der Waals surface area contributed by atoms with E-state index in [2.05, 4.69) is 79.4 Å². The van der Waals surface area contributed by atoms with Gasteiger partial charge in [-0.15, -0.1) is 0 Å². The number of benzene rings is 2. The monoisotopic (exact) mass is 344 g/mol. The number of nitrogens with zero attached hydrogens (tertiary/aromatic N) is 2. The molecule has 2 nitrogen and oxygen atoms in total. The molecule has 2 aliphatic rings. The Kier molecular flexibility index (Phi) is 4.27. The molecule has 4 rings (SSSR count). The average Bonchev–Trinajstić information content (AvgIpc) is 2.90. The van der Waals surface area contributed by atoms with E-state index < -0.39 is 0 Å². The number of nitriles is 1. The molecule has 2 atom stereocenters. The molecule has 0 bridgehead atoms. The molecule has 0 radical (unpaired) electrons. The molecule has 2 aromatic rings. The molecule has 1 fully saturated rings. The zero-order chi connectivity index (χ0) is 18.2. The zero-order valence-corrected chi connectivity index (χ0v) is 15.9. The SMILES string of the molecule is CC1(C)CC[C@@H]2N(Cc3ccccc3)c3ccccc3[C@]2(CCC#N)C1. The van der Waals surface area contributed by atoms with Crippen molar-refractivity contribution in [3.8, 4) is 6.07 Å². The molecule has 0 amide bonds. The predicted octanol–water partition coefficient (Wildman–Crippen LogP) is 5.83. The summed E-state index contributed by atoms with van der Waals surface area (Å²) in [6.07, 6.45) is 5.25. The summed E-state index contributed by atoms with van der Waals surface area (Å²) in [7, 11) is 0. The minimum Gasteiger partial charge on any atom is -0.363 e. The summed E-state index contributed by atoms with van der Waals surface area (Å²) in [5, 5.41) is 9.33. The lowest BCUT2D eigenvalue weighted by atomic mass is 9.58. The fourth-order valence-electron chi connectivity index (χ4n) is 5.55. The Labute approximate surface area is 157 Å². The normalized spacial score (nSPS) is 26.0. The number of fused-ring (bicyclic) bond motifs is 3. The minimum absolute atomic E-state index is 0.114. The van der Waals surface area contributed by atoms with Crippen LogP contribution in [-0.2, 0) is 12.0 Å². The topological polar surface area (TPSA) is 27.0 Å². The molecule has 0 aromatic heterocycles. The third-order valence-corrected chi connectivity index (χ3v) is 6.53. The van der Waals surface area contributed by atoms with Crippen molar-refractivity contribution in [1.29, 1.82) is 5.26 Å². The minimum atomic E-state index is 0.114. The molecule has 0 saturated heterocycles. The standard InChI is InChI=1S/C24H28N2/c1-23(2)15-13-22-24(18-23,14-8-16-25)20-11-6-7-12-21(20)26(22)17-19-9-4-3-5-10-19/h3-7,9-12,22H,8,13-15,17-18H2,1-2H3/t22-,24-/m0/s1. The van der Waals surface area contributed by atoms with Crippen LogP contribution in [-0.4, -0.2) is 6.04 Å². The van der Waals surface area contributed by atoms with Gasteiger partial charge in [0.25, 0.3) is 0 Å². The van der Waals surface area contributed by atoms with Crippen molar-refractivity contribution in [3.05, 3.63) is 65.7 Å². The van der Waals surface area contributed by atoms with E-state index in [1.807, 2.05) is 0 Å². The van der Waals surface area contributed by atoms with Gasteiger partial charge in [-0.25, -0.2) is 0 Å². The molecular weight excluding hydrogens is 316 g/mol. The summed E-state index contributed by atoms with van der Waals surface area (Å²) >= 11 is 0. The quantitative estimate of drug-likeness (QED) is 0.698. The molecule has 1 heterocycles. The van der Waals surface area contributed by atoms with Crippen molar-refractivity contribution in [3.63, 3.8) is 0 Å². The molecule has 1 aliphatic carbocycles. The number of rotatable bonds is 4. The molecule has 0 N–H and O–H groups in total. The van der Waals surface area contributed by atoms with Gasteiger partial charge in [0.2, 0.25) is 0 Å². The van der Waals surface area contributed by atoms with E-state index in [0.29, 0.717) is 17.9 Å². The van der Waals surface area contributed by atoms with Crippen molar-refractivity contribution in [2.75, 3.05) is 4.90 Å². The molecule has 2 aromatic carbocycles. The van der Waals surface area contributed by atoms with Crippen LogP contribution in [0.25, 0.3) is 0 Å². The van der Waals surface area contributed by atoms with Gasteiger partial charge in [-0.2, -0.15) is 5.26 Å². The Morgan fingerprint density at radius 2 is 1.81 bits per heavy atom. The molecule has 26 heavy (non-hydrogen) atoms. The van der Waals surface area contributed by atoms with Crippen LogP contribution in [0.5, 0.6) is 0 Å². The van der Waals surface area contributed by atoms with E-state index in [9.17, 15) is 5.26 Å². The van der Waals surface area contributed by atoms with E-state index in [-0.39, 0.29) is 5.41 Å². The first-order valence-corrected chi connectivity index (χ1v) is 9.83. The highest BCUT2D eigenvalue weighted by atomic mass is 15.2. The molecule has 1 aliphatic heterocycles. The van der Waals surface area contributed by atoms with Gasteiger partial charge >= 0.3 is 0 Å². The highest BCUT2D eigenvalue weighted by Gasteiger charge is 2.54. The average molecular weight is 345 g/mol. The first-order chi connectivity index (χ1) is 12.6. The van der Waals surface area contributed by atoms with Gasteiger partial charge in [0.05, 0.1) is 6.07 Å². The van der Waals surface area contributed by atoms with E-state index in [0.717, 1.165) is 13.0 Å². The van der Waals surface area contributed by atoms with E-state index in [1.54, 1.807) is 0 Å². The summed E-state index contributed by atoms with van der Waals surface area (Å²) in [4.78, 5) is 2.64. The second kappa shape index (κ2) is 6.47. The molecule has 134 valence electrons. The molecule has 1 saturated carbocycles. The smallest absolute Gasteiger partial charge is 0.0622 e. The second-order valence-corrected chi connectivity index (χ2v) is 8.84. The van der Waals surface area contributed by atoms with Gasteiger partial charge < -0.3 is 4.90 Å². The number of anilines is 1. The Balaban J connectivity index is 1.79. The van der Waals surface area contributed by atoms with Crippen molar-refractivity contribution >= 4 is 5.69 Å². The van der Waals surface area contributed by atoms with Gasteiger partial charge in [-0.1, -0.05) is 62.4 Å². The second-order valence-electron chi connectivity index (χ2n) is 8.84. The summed E-state index contributed by atoms with van der Waals surface area (Å²) in [6, 6.07) is 22.7. The van der Waals surface area contributed by atoms with Crippen molar-refractivity contribution in [2.45, 2.75) is 64.0 Å². The van der Waals surface area contributed by atoms with Crippen molar-refractivity contribution in [2.24, 2.45) is 5.41 Å². The fourth-order valence-corrected chi connectivity index (χ4v) is 5.55. The Morgan fingerprint density at radius 1 is 1.08 bits per heavy atom. The molecular formula is C24H28N2. The maximum atomic E-state index is 9.33. The van der Waals surface area contributed by atoms with Gasteiger partial charge in [0.15, 0.2) is 0 Å². The molecule has 0 unspecified atom stereocenters. The predicted molar refractivity (Wildman–Crippen MR) is 107 cm³/mol. The number of para-hydroxylation sites is 1. The summed E-state index contributed by atoms with van der Waals surface area (Å²) in [5.41, 5.74) is 4.68. The fraction of sp³-hybridized carbons (Fsp3) is 0.458. The largest absolute Gasteiger partial charge is 0.363 e. The van der Waals surface area contributed by atoms with Crippen LogP contribution in [0.3, 0.4) is 0 Å². The lowest BCUT2D eigenvalue weighted by molar-refractivity contribution is 0.122. The van der Waals surface area contributed by atoms with Crippen LogP contribution in [0, 0.1) is 16.7 Å². The van der Waals surface area contributed by atoms with Crippen molar-refractivity contribution in [1.82, 2.24) is 0 Å². The third-order valence-electron chi connectivity index (χ3n) is 6.53. The van der Waals surface area contributed by atoms with Gasteiger partial charge in [0, 0.05) is 30.1 Å². The highest BCUT2D eigenvalue weighted by molar-refractivity contribution is 5.65. The van der Waals surface area contributed by atoms with Gasteiger partial charge in [-0.05, 0) is 48.3 Å². The van der Waals surface area contributed by atoms with Gasteiger partial charge in [-0.3, -0.25) is 0 Å². The highest BCUT2D eigenvalue weighted by Crippen LogP contribution is 2.58. The van der Waals surface area contributed by atoms with Crippen LogP contribution < -0.4 is 4.90 Å². The molecule has 0 spiro atoms. The maximum absolute atomic E-state index is 9.33. The zero-order valence-electron chi connectivity index (χ0n) is 15.9.